The fourth-order valence-corrected chi connectivity index (χ4v) is 3.80. The number of halogens is 1. The van der Waals surface area contributed by atoms with Crippen LogP contribution in [0.4, 0.5) is 11.4 Å². The van der Waals surface area contributed by atoms with E-state index in [2.05, 4.69) is 31.9 Å². The summed E-state index contributed by atoms with van der Waals surface area (Å²) in [5.41, 5.74) is 2.91. The Hall–Kier alpha value is -3.27. The first-order valence-corrected chi connectivity index (χ1v) is 12.1. The molecular formula is C26H26BrN3O4S. The predicted octanol–water partition coefficient (Wildman–Crippen LogP) is 5.17. The molecule has 0 radical (unpaired) electrons. The van der Waals surface area contributed by atoms with Crippen molar-refractivity contribution in [3.8, 4) is 5.75 Å². The first-order valence-electron chi connectivity index (χ1n) is 10.9. The zero-order valence-corrected chi connectivity index (χ0v) is 21.6. The van der Waals surface area contributed by atoms with Gasteiger partial charge in [0.25, 0.3) is 5.91 Å². The van der Waals surface area contributed by atoms with E-state index in [1.807, 2.05) is 30.3 Å². The molecule has 35 heavy (non-hydrogen) atoms. The fourth-order valence-electron chi connectivity index (χ4n) is 3.09. The first kappa shape index (κ1) is 26.3. The van der Waals surface area contributed by atoms with Gasteiger partial charge in [0.05, 0.1) is 11.1 Å². The molecule has 3 N–H and O–H groups in total. The molecule has 182 valence electrons. The van der Waals surface area contributed by atoms with Crippen molar-refractivity contribution in [2.24, 2.45) is 0 Å². The van der Waals surface area contributed by atoms with E-state index in [1.54, 1.807) is 49.6 Å². The number of hydrogen-bond donors (Lipinski definition) is 3. The number of carbonyl (C=O) groups excluding carboxylic acids is 2. The van der Waals surface area contributed by atoms with E-state index >= 15 is 0 Å². The molecule has 7 nitrogen and oxygen atoms in total. The first-order chi connectivity index (χ1) is 16.9. The lowest BCUT2D eigenvalue weighted by Crippen LogP contribution is -2.34. The minimum Gasteiger partial charge on any atom is -0.490 e. The molecule has 0 aliphatic carbocycles. The normalized spacial score (nSPS) is 10.3. The van der Waals surface area contributed by atoms with Crippen LogP contribution in [0.1, 0.15) is 22.3 Å². The largest absolute Gasteiger partial charge is 0.490 e. The van der Waals surface area contributed by atoms with Crippen LogP contribution in [0, 0.1) is 0 Å². The van der Waals surface area contributed by atoms with Crippen molar-refractivity contribution in [1.29, 1.82) is 0 Å². The molecule has 0 aliphatic rings. The van der Waals surface area contributed by atoms with Crippen LogP contribution in [0.2, 0.25) is 0 Å². The number of amides is 2. The lowest BCUT2D eigenvalue weighted by molar-refractivity contribution is -0.116. The Morgan fingerprint density at radius 1 is 0.914 bits per heavy atom. The highest BCUT2D eigenvalue weighted by Crippen LogP contribution is 2.26. The highest BCUT2D eigenvalue weighted by molar-refractivity contribution is 9.10. The molecule has 0 atom stereocenters. The summed E-state index contributed by atoms with van der Waals surface area (Å²) in [5, 5.41) is 8.66. The van der Waals surface area contributed by atoms with Crippen molar-refractivity contribution < 1.29 is 19.1 Å². The Morgan fingerprint density at radius 2 is 1.60 bits per heavy atom. The highest BCUT2D eigenvalue weighted by atomic mass is 79.9. The van der Waals surface area contributed by atoms with Gasteiger partial charge in [0.2, 0.25) is 5.91 Å². The van der Waals surface area contributed by atoms with Gasteiger partial charge in [0.15, 0.2) is 5.11 Å². The summed E-state index contributed by atoms with van der Waals surface area (Å²) in [5.74, 6) is 0.208. The van der Waals surface area contributed by atoms with Crippen molar-refractivity contribution in [3.05, 3.63) is 88.4 Å². The highest BCUT2D eigenvalue weighted by Gasteiger charge is 2.11. The smallest absolute Gasteiger partial charge is 0.257 e. The van der Waals surface area contributed by atoms with E-state index in [0.29, 0.717) is 53.2 Å². The number of nitrogens with one attached hydrogen (secondary N) is 3. The van der Waals surface area contributed by atoms with Gasteiger partial charge in [-0.25, -0.2) is 0 Å². The number of anilines is 2. The monoisotopic (exact) mass is 555 g/mol. The van der Waals surface area contributed by atoms with Crippen LogP contribution in [0.15, 0.2) is 77.3 Å². The molecule has 3 aromatic carbocycles. The number of rotatable bonds is 10. The SMILES string of the molecule is COCCOc1ccc(C(=O)NC(=S)Nc2ccc(NC(=O)CCc3ccccc3)cc2)cc1Br. The Morgan fingerprint density at radius 3 is 2.26 bits per heavy atom. The van der Waals surface area contributed by atoms with Gasteiger partial charge in [0.1, 0.15) is 12.4 Å². The zero-order valence-electron chi connectivity index (χ0n) is 19.2. The topological polar surface area (TPSA) is 88.7 Å². The maximum absolute atomic E-state index is 12.5. The standard InChI is InChI=1S/C26H26BrN3O4S/c1-33-15-16-34-23-13-8-19(17-22(23)27)25(32)30-26(35)29-21-11-9-20(10-12-21)28-24(31)14-7-18-5-3-2-4-6-18/h2-6,8-13,17H,7,14-16H2,1H3,(H,28,31)(H2,29,30,32,35). The molecule has 0 spiro atoms. The molecule has 0 saturated heterocycles. The minimum absolute atomic E-state index is 0.0568. The zero-order chi connectivity index (χ0) is 25.0. The Bertz CT molecular complexity index is 1160. The third-order valence-electron chi connectivity index (χ3n) is 4.88. The number of ether oxygens (including phenoxy) is 2. The Balaban J connectivity index is 1.46. The van der Waals surface area contributed by atoms with E-state index in [4.69, 9.17) is 21.7 Å². The average Bonchev–Trinajstić information content (AvgIpc) is 2.85. The summed E-state index contributed by atoms with van der Waals surface area (Å²) in [7, 11) is 1.60. The van der Waals surface area contributed by atoms with E-state index < -0.39 is 0 Å². The second-order valence-electron chi connectivity index (χ2n) is 7.51. The maximum atomic E-state index is 12.5. The van der Waals surface area contributed by atoms with E-state index in [-0.39, 0.29) is 16.9 Å². The van der Waals surface area contributed by atoms with E-state index in [1.165, 1.54) is 0 Å². The summed E-state index contributed by atoms with van der Waals surface area (Å²) in [6, 6.07) is 22.0. The van der Waals surface area contributed by atoms with Crippen molar-refractivity contribution >= 4 is 56.4 Å². The van der Waals surface area contributed by atoms with Crippen LogP contribution in [-0.4, -0.2) is 37.3 Å². The number of benzene rings is 3. The summed E-state index contributed by atoms with van der Waals surface area (Å²) in [6.45, 7) is 0.876. The molecule has 9 heteroatoms. The summed E-state index contributed by atoms with van der Waals surface area (Å²) >= 11 is 8.67. The van der Waals surface area contributed by atoms with Crippen LogP contribution in [-0.2, 0) is 16.0 Å². The average molecular weight is 556 g/mol. The number of hydrogen-bond acceptors (Lipinski definition) is 5. The lowest BCUT2D eigenvalue weighted by atomic mass is 10.1. The van der Waals surface area contributed by atoms with Crippen molar-refractivity contribution in [2.45, 2.75) is 12.8 Å². The molecule has 0 saturated carbocycles. The van der Waals surface area contributed by atoms with Crippen molar-refractivity contribution in [2.75, 3.05) is 31.0 Å². The Labute approximate surface area is 218 Å². The number of thiocarbonyl (C=S) groups is 1. The molecule has 3 aromatic rings. The predicted molar refractivity (Wildman–Crippen MR) is 145 cm³/mol. The second kappa shape index (κ2) is 13.6. The van der Waals surface area contributed by atoms with Crippen molar-refractivity contribution in [1.82, 2.24) is 5.32 Å². The molecule has 0 fully saturated rings. The molecule has 0 aliphatic heterocycles. The van der Waals surface area contributed by atoms with E-state index in [0.717, 1.165) is 5.56 Å². The summed E-state index contributed by atoms with van der Waals surface area (Å²) in [6.07, 6.45) is 1.08. The van der Waals surface area contributed by atoms with Crippen LogP contribution >= 0.6 is 28.1 Å². The molecule has 2 amide bonds. The van der Waals surface area contributed by atoms with Crippen LogP contribution in [0.5, 0.6) is 5.75 Å². The molecule has 0 bridgehead atoms. The number of aryl methyl sites for hydroxylation is 1. The second-order valence-corrected chi connectivity index (χ2v) is 8.77. The molecule has 0 aromatic heterocycles. The van der Waals surface area contributed by atoms with Gasteiger partial charge in [-0.3, -0.25) is 14.9 Å². The molecule has 3 rings (SSSR count). The van der Waals surface area contributed by atoms with Gasteiger partial charge in [-0.1, -0.05) is 30.3 Å². The third kappa shape index (κ3) is 8.79. The molecule has 0 heterocycles. The third-order valence-corrected chi connectivity index (χ3v) is 5.70. The fraction of sp³-hybridized carbons (Fsp3) is 0.192. The molecule has 0 unspecified atom stereocenters. The van der Waals surface area contributed by atoms with Crippen LogP contribution in [0.25, 0.3) is 0 Å². The summed E-state index contributed by atoms with van der Waals surface area (Å²) < 4.78 is 11.2. The van der Waals surface area contributed by atoms with E-state index in [9.17, 15) is 9.59 Å². The van der Waals surface area contributed by atoms with Crippen LogP contribution < -0.4 is 20.7 Å². The van der Waals surface area contributed by atoms with Crippen LogP contribution in [0.3, 0.4) is 0 Å². The van der Waals surface area contributed by atoms with Gasteiger partial charge in [-0.15, -0.1) is 0 Å². The number of methoxy groups -OCH3 is 1. The number of carbonyl (C=O) groups is 2. The van der Waals surface area contributed by atoms with Gasteiger partial charge in [-0.05, 0) is 82.6 Å². The lowest BCUT2D eigenvalue weighted by Gasteiger charge is -2.12. The quantitative estimate of drug-likeness (QED) is 0.236. The maximum Gasteiger partial charge on any atom is 0.257 e. The van der Waals surface area contributed by atoms with Gasteiger partial charge in [-0.2, -0.15) is 0 Å². The minimum atomic E-state index is -0.353. The van der Waals surface area contributed by atoms with Gasteiger partial charge < -0.3 is 20.1 Å². The summed E-state index contributed by atoms with van der Waals surface area (Å²) in [4.78, 5) is 24.7. The Kier molecular flexibility index (Phi) is 10.2. The molecular weight excluding hydrogens is 530 g/mol. The van der Waals surface area contributed by atoms with Gasteiger partial charge in [0, 0.05) is 30.5 Å². The van der Waals surface area contributed by atoms with Gasteiger partial charge >= 0.3 is 0 Å². The van der Waals surface area contributed by atoms with Crippen molar-refractivity contribution in [3.63, 3.8) is 0 Å².